The molecule has 0 aliphatic heterocycles. The number of carbonyl (C=O) groups excluding carboxylic acids is 2. The Kier molecular flexibility index (Phi) is 6.61. The first kappa shape index (κ1) is 15.7. The number of ether oxygens (including phenoxy) is 2. The Labute approximate surface area is 103 Å². The van der Waals surface area contributed by atoms with E-state index in [2.05, 4.69) is 10.1 Å². The fourth-order valence-corrected chi connectivity index (χ4v) is 1.25. The second kappa shape index (κ2) is 7.14. The molecule has 0 unspecified atom stereocenters. The maximum Gasteiger partial charge on any atom is 0.407 e. The zero-order valence-corrected chi connectivity index (χ0v) is 11.3. The van der Waals surface area contributed by atoms with Crippen molar-refractivity contribution >= 4 is 12.1 Å². The smallest absolute Gasteiger partial charge is 0.407 e. The summed E-state index contributed by atoms with van der Waals surface area (Å²) < 4.78 is 9.68. The molecule has 0 aliphatic carbocycles. The Balaban J connectivity index is 4.04. The van der Waals surface area contributed by atoms with Crippen molar-refractivity contribution in [3.05, 3.63) is 0 Å². The molecule has 0 saturated carbocycles. The van der Waals surface area contributed by atoms with Crippen LogP contribution in [0.15, 0.2) is 0 Å². The Morgan fingerprint density at radius 3 is 2.29 bits per heavy atom. The van der Waals surface area contributed by atoms with E-state index >= 15 is 0 Å². The van der Waals surface area contributed by atoms with E-state index in [1.165, 1.54) is 7.11 Å². The summed E-state index contributed by atoms with van der Waals surface area (Å²) in [6.07, 6.45) is 1.15. The first-order valence-electron chi connectivity index (χ1n) is 5.84. The number of amides is 1. The van der Waals surface area contributed by atoms with Crippen molar-refractivity contribution in [3.8, 4) is 0 Å². The molecule has 5 heteroatoms. The van der Waals surface area contributed by atoms with E-state index in [9.17, 15) is 9.59 Å². The molecule has 0 spiro atoms. The number of hydrogen-bond donors (Lipinski definition) is 1. The van der Waals surface area contributed by atoms with Crippen LogP contribution >= 0.6 is 0 Å². The van der Waals surface area contributed by atoms with Gasteiger partial charge in [-0.15, -0.1) is 0 Å². The molecule has 0 radical (unpaired) electrons. The van der Waals surface area contributed by atoms with Gasteiger partial charge in [0, 0.05) is 12.5 Å². The Morgan fingerprint density at radius 2 is 1.88 bits per heavy atom. The summed E-state index contributed by atoms with van der Waals surface area (Å²) in [7, 11) is 1.35. The Morgan fingerprint density at radius 1 is 1.29 bits per heavy atom. The van der Waals surface area contributed by atoms with Gasteiger partial charge in [0.05, 0.1) is 7.11 Å². The van der Waals surface area contributed by atoms with Crippen LogP contribution in [0.25, 0.3) is 0 Å². The van der Waals surface area contributed by atoms with Crippen LogP contribution in [0.2, 0.25) is 0 Å². The van der Waals surface area contributed by atoms with Gasteiger partial charge in [0.1, 0.15) is 5.60 Å². The molecule has 100 valence electrons. The number of esters is 1. The minimum absolute atomic E-state index is 0.0658. The average molecular weight is 245 g/mol. The molecular formula is C12H23NO4. The highest BCUT2D eigenvalue weighted by molar-refractivity contribution is 5.70. The predicted octanol–water partition coefficient (Wildman–Crippen LogP) is 2.24. The number of methoxy groups -OCH3 is 1. The number of rotatable bonds is 5. The van der Waals surface area contributed by atoms with Gasteiger partial charge in [0.25, 0.3) is 0 Å². The fraction of sp³-hybridized carbons (Fsp3) is 0.833. The van der Waals surface area contributed by atoms with Gasteiger partial charge >= 0.3 is 12.1 Å². The molecule has 0 aromatic rings. The first-order valence-corrected chi connectivity index (χ1v) is 5.84. The van der Waals surface area contributed by atoms with Gasteiger partial charge in [-0.1, -0.05) is 6.92 Å². The van der Waals surface area contributed by atoms with E-state index in [4.69, 9.17) is 4.74 Å². The summed E-state index contributed by atoms with van der Waals surface area (Å²) in [6.45, 7) is 7.37. The SMILES string of the molecule is CC[C@@H](CCC(=O)OC)NC(=O)OC(C)(C)C. The summed E-state index contributed by atoms with van der Waals surface area (Å²) in [5, 5.41) is 2.73. The molecule has 1 N–H and O–H groups in total. The van der Waals surface area contributed by atoms with Crippen molar-refractivity contribution in [2.75, 3.05) is 7.11 Å². The maximum atomic E-state index is 11.5. The van der Waals surface area contributed by atoms with E-state index < -0.39 is 11.7 Å². The molecule has 0 rings (SSSR count). The minimum atomic E-state index is -0.509. The molecule has 0 bridgehead atoms. The number of carbonyl (C=O) groups is 2. The minimum Gasteiger partial charge on any atom is -0.469 e. The average Bonchev–Trinajstić information content (AvgIpc) is 2.20. The van der Waals surface area contributed by atoms with Gasteiger partial charge in [-0.05, 0) is 33.6 Å². The molecular weight excluding hydrogens is 222 g/mol. The van der Waals surface area contributed by atoms with E-state index in [1.54, 1.807) is 0 Å². The highest BCUT2D eigenvalue weighted by atomic mass is 16.6. The van der Waals surface area contributed by atoms with Crippen molar-refractivity contribution < 1.29 is 19.1 Å². The van der Waals surface area contributed by atoms with Gasteiger partial charge < -0.3 is 14.8 Å². The van der Waals surface area contributed by atoms with Crippen LogP contribution in [0.3, 0.4) is 0 Å². The van der Waals surface area contributed by atoms with Crippen LogP contribution in [0.5, 0.6) is 0 Å². The largest absolute Gasteiger partial charge is 0.469 e. The third-order valence-corrected chi connectivity index (χ3v) is 2.14. The van der Waals surface area contributed by atoms with Crippen molar-refractivity contribution in [2.24, 2.45) is 0 Å². The summed E-state index contributed by atoms with van der Waals surface area (Å²) in [5.74, 6) is -0.269. The van der Waals surface area contributed by atoms with Crippen LogP contribution in [0.4, 0.5) is 4.79 Å². The summed E-state index contributed by atoms with van der Waals surface area (Å²) in [6, 6.07) is -0.0658. The number of alkyl carbamates (subject to hydrolysis) is 1. The summed E-state index contributed by atoms with van der Waals surface area (Å²) in [5.41, 5.74) is -0.509. The molecule has 1 atom stereocenters. The van der Waals surface area contributed by atoms with Gasteiger partial charge in [-0.25, -0.2) is 4.79 Å². The van der Waals surface area contributed by atoms with Crippen LogP contribution in [0, 0.1) is 0 Å². The highest BCUT2D eigenvalue weighted by Gasteiger charge is 2.19. The zero-order chi connectivity index (χ0) is 13.5. The molecule has 0 aromatic carbocycles. The molecule has 0 saturated heterocycles. The molecule has 5 nitrogen and oxygen atoms in total. The molecule has 1 amide bonds. The second-order valence-corrected chi connectivity index (χ2v) is 4.87. The Bertz CT molecular complexity index is 258. The lowest BCUT2D eigenvalue weighted by Crippen LogP contribution is -2.39. The molecule has 0 aromatic heterocycles. The van der Waals surface area contributed by atoms with E-state index in [0.717, 1.165) is 6.42 Å². The highest BCUT2D eigenvalue weighted by Crippen LogP contribution is 2.08. The van der Waals surface area contributed by atoms with Crippen molar-refractivity contribution in [3.63, 3.8) is 0 Å². The van der Waals surface area contributed by atoms with E-state index in [0.29, 0.717) is 12.8 Å². The summed E-state index contributed by atoms with van der Waals surface area (Å²) >= 11 is 0. The first-order chi connectivity index (χ1) is 7.78. The summed E-state index contributed by atoms with van der Waals surface area (Å²) in [4.78, 5) is 22.5. The number of nitrogens with one attached hydrogen (secondary N) is 1. The lowest BCUT2D eigenvalue weighted by atomic mass is 10.1. The zero-order valence-electron chi connectivity index (χ0n) is 11.3. The molecule has 0 heterocycles. The lowest BCUT2D eigenvalue weighted by molar-refractivity contribution is -0.140. The van der Waals surface area contributed by atoms with Crippen molar-refractivity contribution in [1.29, 1.82) is 0 Å². The monoisotopic (exact) mass is 245 g/mol. The number of hydrogen-bond acceptors (Lipinski definition) is 4. The van der Waals surface area contributed by atoms with Gasteiger partial charge in [-0.3, -0.25) is 4.79 Å². The maximum absolute atomic E-state index is 11.5. The van der Waals surface area contributed by atoms with Gasteiger partial charge in [0.2, 0.25) is 0 Å². The van der Waals surface area contributed by atoms with E-state index in [-0.39, 0.29) is 12.0 Å². The van der Waals surface area contributed by atoms with Crippen LogP contribution in [-0.2, 0) is 14.3 Å². The third kappa shape index (κ3) is 8.54. The van der Waals surface area contributed by atoms with Gasteiger partial charge in [-0.2, -0.15) is 0 Å². The Hall–Kier alpha value is -1.26. The molecule has 0 aliphatic rings. The van der Waals surface area contributed by atoms with Crippen LogP contribution < -0.4 is 5.32 Å². The van der Waals surface area contributed by atoms with Gasteiger partial charge in [0.15, 0.2) is 0 Å². The quantitative estimate of drug-likeness (QED) is 0.754. The third-order valence-electron chi connectivity index (χ3n) is 2.14. The standard InChI is InChI=1S/C12H23NO4/c1-6-9(7-8-10(14)16-5)13-11(15)17-12(2,3)4/h9H,6-8H2,1-5H3,(H,13,15)/t9-/m0/s1. The topological polar surface area (TPSA) is 64.6 Å². The molecule has 17 heavy (non-hydrogen) atoms. The van der Waals surface area contributed by atoms with E-state index in [1.807, 2.05) is 27.7 Å². The fourth-order valence-electron chi connectivity index (χ4n) is 1.25. The van der Waals surface area contributed by atoms with Crippen molar-refractivity contribution in [1.82, 2.24) is 5.32 Å². The van der Waals surface area contributed by atoms with Crippen LogP contribution in [0.1, 0.15) is 47.0 Å². The molecule has 0 fully saturated rings. The predicted molar refractivity (Wildman–Crippen MR) is 64.7 cm³/mol. The van der Waals surface area contributed by atoms with Crippen molar-refractivity contribution in [2.45, 2.75) is 58.6 Å². The normalized spacial score (nSPS) is 12.8. The second-order valence-electron chi connectivity index (χ2n) is 4.87. The van der Waals surface area contributed by atoms with Crippen LogP contribution in [-0.4, -0.2) is 30.8 Å². The lowest BCUT2D eigenvalue weighted by Gasteiger charge is -2.22.